The van der Waals surface area contributed by atoms with E-state index in [1.54, 1.807) is 18.2 Å². The average Bonchev–Trinajstić information content (AvgIpc) is 3.37. The van der Waals surface area contributed by atoms with Crippen molar-refractivity contribution in [1.82, 2.24) is 14.3 Å². The van der Waals surface area contributed by atoms with Crippen LogP contribution in [0, 0.1) is 0 Å². The first-order chi connectivity index (χ1) is 18.0. The molecule has 0 bridgehead atoms. The number of carbonyl (C=O) groups excluding carboxylic acids is 1. The molecule has 2 N–H and O–H groups in total. The standard InChI is InChI=1S/C29H24N4O3S/c34-29(30-24-9-5-8-22(18-24)28-31-26-10-3-4-11-27(26)32-28)21-12-14-25(15-13-21)37(35,36)33-17-16-20-6-1-2-7-23(20)19-33/h1-15,18H,16-17,19H2,(H,30,34)(H,31,32). The maximum atomic E-state index is 13.2. The van der Waals surface area contributed by atoms with Crippen molar-refractivity contribution in [3.05, 3.63) is 114 Å². The third-order valence-electron chi connectivity index (χ3n) is 6.63. The molecule has 4 aromatic carbocycles. The van der Waals surface area contributed by atoms with Gasteiger partial charge in [-0.25, -0.2) is 13.4 Å². The number of benzene rings is 4. The molecule has 0 saturated heterocycles. The van der Waals surface area contributed by atoms with Crippen LogP contribution >= 0.6 is 0 Å². The molecule has 0 saturated carbocycles. The smallest absolute Gasteiger partial charge is 0.255 e. The van der Waals surface area contributed by atoms with Crippen molar-refractivity contribution in [1.29, 1.82) is 0 Å². The number of anilines is 1. The number of nitrogens with one attached hydrogen (secondary N) is 2. The van der Waals surface area contributed by atoms with E-state index >= 15 is 0 Å². The summed E-state index contributed by atoms with van der Waals surface area (Å²) in [6, 6.07) is 29.2. The molecule has 7 nitrogen and oxygen atoms in total. The van der Waals surface area contributed by atoms with Gasteiger partial charge >= 0.3 is 0 Å². The first kappa shape index (κ1) is 23.1. The van der Waals surface area contributed by atoms with Gasteiger partial charge in [0, 0.05) is 29.9 Å². The summed E-state index contributed by atoms with van der Waals surface area (Å²) in [5.74, 6) is 0.393. The average molecular weight is 509 g/mol. The van der Waals surface area contributed by atoms with E-state index in [-0.39, 0.29) is 10.8 Å². The first-order valence-electron chi connectivity index (χ1n) is 12.0. The van der Waals surface area contributed by atoms with Crippen molar-refractivity contribution in [3.63, 3.8) is 0 Å². The van der Waals surface area contributed by atoms with Crippen molar-refractivity contribution < 1.29 is 13.2 Å². The summed E-state index contributed by atoms with van der Waals surface area (Å²) >= 11 is 0. The zero-order valence-electron chi connectivity index (χ0n) is 19.9. The largest absolute Gasteiger partial charge is 0.338 e. The van der Waals surface area contributed by atoms with Gasteiger partial charge in [-0.15, -0.1) is 0 Å². The third kappa shape index (κ3) is 4.52. The van der Waals surface area contributed by atoms with Gasteiger partial charge in [0.1, 0.15) is 5.82 Å². The molecule has 1 aliphatic heterocycles. The lowest BCUT2D eigenvalue weighted by atomic mass is 10.0. The lowest BCUT2D eigenvalue weighted by Crippen LogP contribution is -2.35. The van der Waals surface area contributed by atoms with Gasteiger partial charge in [-0.05, 0) is 66.1 Å². The van der Waals surface area contributed by atoms with Crippen molar-refractivity contribution >= 4 is 32.7 Å². The van der Waals surface area contributed by atoms with E-state index in [0.717, 1.165) is 22.2 Å². The van der Waals surface area contributed by atoms with Crippen LogP contribution in [0.4, 0.5) is 5.69 Å². The molecule has 1 amide bonds. The van der Waals surface area contributed by atoms with E-state index in [1.165, 1.54) is 22.0 Å². The van der Waals surface area contributed by atoms with E-state index in [4.69, 9.17) is 0 Å². The second-order valence-corrected chi connectivity index (χ2v) is 11.0. The van der Waals surface area contributed by atoms with Gasteiger partial charge in [-0.3, -0.25) is 4.79 Å². The molecule has 0 spiro atoms. The molecule has 0 radical (unpaired) electrons. The number of para-hydroxylation sites is 2. The fourth-order valence-corrected chi connectivity index (χ4v) is 6.06. The second-order valence-electron chi connectivity index (χ2n) is 9.02. The highest BCUT2D eigenvalue weighted by molar-refractivity contribution is 7.89. The molecule has 0 fully saturated rings. The van der Waals surface area contributed by atoms with Crippen molar-refractivity contribution in [3.8, 4) is 11.4 Å². The number of amides is 1. The molecule has 6 rings (SSSR count). The van der Waals surface area contributed by atoms with Crippen molar-refractivity contribution in [2.75, 3.05) is 11.9 Å². The Labute approximate surface area is 214 Å². The Kier molecular flexibility index (Phi) is 5.82. The van der Waals surface area contributed by atoms with Gasteiger partial charge < -0.3 is 10.3 Å². The quantitative estimate of drug-likeness (QED) is 0.340. The minimum Gasteiger partial charge on any atom is -0.338 e. The van der Waals surface area contributed by atoms with Crippen LogP contribution in [0.15, 0.2) is 102 Å². The number of aromatic nitrogens is 2. The van der Waals surface area contributed by atoms with Crippen LogP contribution in [0.1, 0.15) is 21.5 Å². The fraction of sp³-hybridized carbons (Fsp3) is 0.103. The van der Waals surface area contributed by atoms with Gasteiger partial charge in [0.05, 0.1) is 15.9 Å². The summed E-state index contributed by atoms with van der Waals surface area (Å²) in [7, 11) is -3.66. The molecule has 37 heavy (non-hydrogen) atoms. The lowest BCUT2D eigenvalue weighted by Gasteiger charge is -2.28. The first-order valence-corrected chi connectivity index (χ1v) is 13.4. The number of sulfonamides is 1. The number of fused-ring (bicyclic) bond motifs is 2. The van der Waals surface area contributed by atoms with Crippen LogP contribution < -0.4 is 5.32 Å². The molecular formula is C29H24N4O3S. The van der Waals surface area contributed by atoms with Crippen LogP contribution in [0.5, 0.6) is 0 Å². The van der Waals surface area contributed by atoms with Gasteiger partial charge in [0.15, 0.2) is 0 Å². The number of carbonyl (C=O) groups is 1. The van der Waals surface area contributed by atoms with Gasteiger partial charge in [-0.2, -0.15) is 4.31 Å². The van der Waals surface area contributed by atoms with Crippen LogP contribution in [0.2, 0.25) is 0 Å². The number of H-pyrrole nitrogens is 1. The minimum absolute atomic E-state index is 0.176. The van der Waals surface area contributed by atoms with E-state index in [1.807, 2.05) is 66.7 Å². The Morgan fingerprint density at radius 3 is 2.43 bits per heavy atom. The summed E-state index contributed by atoms with van der Waals surface area (Å²) in [5.41, 5.74) is 5.86. The Hall–Kier alpha value is -4.27. The number of imidazole rings is 1. The van der Waals surface area contributed by atoms with Crippen LogP contribution in [-0.4, -0.2) is 35.1 Å². The molecule has 1 aromatic heterocycles. The molecule has 0 unspecified atom stereocenters. The molecule has 1 aliphatic rings. The van der Waals surface area contributed by atoms with Gasteiger partial charge in [0.2, 0.25) is 10.0 Å². The molecule has 0 atom stereocenters. The van der Waals surface area contributed by atoms with E-state index in [9.17, 15) is 13.2 Å². The van der Waals surface area contributed by atoms with E-state index in [0.29, 0.717) is 36.6 Å². The zero-order chi connectivity index (χ0) is 25.4. The summed E-state index contributed by atoms with van der Waals surface area (Å²) in [5, 5.41) is 2.89. The van der Waals surface area contributed by atoms with Gasteiger partial charge in [-0.1, -0.05) is 48.5 Å². The minimum atomic E-state index is -3.66. The maximum Gasteiger partial charge on any atom is 0.255 e. The molecule has 5 aromatic rings. The topological polar surface area (TPSA) is 95.2 Å². The molecule has 184 valence electrons. The SMILES string of the molecule is O=C(Nc1cccc(-c2nc3ccccc3[nH]2)c1)c1ccc(S(=O)(=O)N2CCc3ccccc3C2)cc1. The van der Waals surface area contributed by atoms with Crippen molar-refractivity contribution in [2.45, 2.75) is 17.9 Å². The van der Waals surface area contributed by atoms with E-state index < -0.39 is 10.0 Å². The Balaban J connectivity index is 1.17. The molecule has 2 heterocycles. The Morgan fingerprint density at radius 1 is 0.865 bits per heavy atom. The Morgan fingerprint density at radius 2 is 1.62 bits per heavy atom. The fourth-order valence-electron chi connectivity index (χ4n) is 4.64. The predicted molar refractivity (Wildman–Crippen MR) is 144 cm³/mol. The molecule has 8 heteroatoms. The van der Waals surface area contributed by atoms with Crippen LogP contribution in [0.3, 0.4) is 0 Å². The highest BCUT2D eigenvalue weighted by Crippen LogP contribution is 2.26. The zero-order valence-corrected chi connectivity index (χ0v) is 20.7. The highest BCUT2D eigenvalue weighted by Gasteiger charge is 2.28. The second kappa shape index (κ2) is 9.31. The van der Waals surface area contributed by atoms with Crippen LogP contribution in [-0.2, 0) is 23.0 Å². The maximum absolute atomic E-state index is 13.2. The van der Waals surface area contributed by atoms with Crippen molar-refractivity contribution in [2.24, 2.45) is 0 Å². The van der Waals surface area contributed by atoms with Crippen LogP contribution in [0.25, 0.3) is 22.4 Å². The number of hydrogen-bond donors (Lipinski definition) is 2. The Bertz CT molecular complexity index is 1690. The number of aromatic amines is 1. The number of nitrogens with zero attached hydrogens (tertiary/aromatic N) is 2. The summed E-state index contributed by atoms with van der Waals surface area (Å²) < 4.78 is 27.9. The summed E-state index contributed by atoms with van der Waals surface area (Å²) in [6.07, 6.45) is 0.684. The summed E-state index contributed by atoms with van der Waals surface area (Å²) in [4.78, 5) is 21.0. The van der Waals surface area contributed by atoms with E-state index in [2.05, 4.69) is 15.3 Å². The predicted octanol–water partition coefficient (Wildman–Crippen LogP) is 5.23. The third-order valence-corrected chi connectivity index (χ3v) is 8.49. The monoisotopic (exact) mass is 508 g/mol. The molecular weight excluding hydrogens is 484 g/mol. The highest BCUT2D eigenvalue weighted by atomic mass is 32.2. The normalized spacial score (nSPS) is 13.8. The lowest BCUT2D eigenvalue weighted by molar-refractivity contribution is 0.102. The summed E-state index contributed by atoms with van der Waals surface area (Å²) in [6.45, 7) is 0.783. The number of hydrogen-bond acceptors (Lipinski definition) is 4. The van der Waals surface area contributed by atoms with Gasteiger partial charge in [0.25, 0.3) is 5.91 Å². The molecule has 0 aliphatic carbocycles. The number of rotatable bonds is 5.